The largest absolute Gasteiger partial charge is 0.368 e. The monoisotopic (exact) mass is 254 g/mol. The molecule has 18 heavy (non-hydrogen) atoms. The fourth-order valence-corrected chi connectivity index (χ4v) is 2.89. The van der Waals surface area contributed by atoms with Crippen molar-refractivity contribution in [2.24, 2.45) is 23.0 Å². The molecule has 3 heteroatoms. The van der Waals surface area contributed by atoms with Gasteiger partial charge in [-0.25, -0.2) is 0 Å². The van der Waals surface area contributed by atoms with Crippen molar-refractivity contribution >= 4 is 5.91 Å². The van der Waals surface area contributed by atoms with E-state index in [1.54, 1.807) is 0 Å². The molecule has 1 aliphatic rings. The molecule has 1 saturated carbocycles. The molecule has 106 valence electrons. The molecular weight excluding hydrogens is 224 g/mol. The van der Waals surface area contributed by atoms with E-state index < -0.39 is 5.54 Å². The Bertz CT molecular complexity index is 283. The van der Waals surface area contributed by atoms with Gasteiger partial charge in [-0.05, 0) is 49.5 Å². The quantitative estimate of drug-likeness (QED) is 0.810. The SMILES string of the molecule is CC(C)CNC1(C(N)=O)CCC(C(C)(C)C)CC1. The van der Waals surface area contributed by atoms with Crippen molar-refractivity contribution in [3.63, 3.8) is 0 Å². The first kappa shape index (κ1) is 15.5. The van der Waals surface area contributed by atoms with Crippen LogP contribution in [0.3, 0.4) is 0 Å². The van der Waals surface area contributed by atoms with Crippen molar-refractivity contribution < 1.29 is 4.79 Å². The summed E-state index contributed by atoms with van der Waals surface area (Å²) in [6.07, 6.45) is 3.96. The van der Waals surface area contributed by atoms with Crippen LogP contribution in [0.4, 0.5) is 0 Å². The zero-order valence-electron chi connectivity index (χ0n) is 12.7. The lowest BCUT2D eigenvalue weighted by Crippen LogP contribution is -2.58. The molecular formula is C15H30N2O. The Hall–Kier alpha value is -0.570. The first-order valence-corrected chi connectivity index (χ1v) is 7.22. The lowest BCUT2D eigenvalue weighted by Gasteiger charge is -2.43. The Labute approximate surface area is 112 Å². The van der Waals surface area contributed by atoms with Crippen molar-refractivity contribution in [1.29, 1.82) is 0 Å². The molecule has 0 bridgehead atoms. The first-order chi connectivity index (χ1) is 8.17. The number of rotatable bonds is 4. The number of carbonyl (C=O) groups excluding carboxylic acids is 1. The molecule has 3 nitrogen and oxygen atoms in total. The Kier molecular flexibility index (Phi) is 4.82. The molecule has 1 aliphatic carbocycles. The van der Waals surface area contributed by atoms with Crippen LogP contribution in [0.2, 0.25) is 0 Å². The van der Waals surface area contributed by atoms with Crippen LogP contribution in [0, 0.1) is 17.3 Å². The molecule has 0 atom stereocenters. The van der Waals surface area contributed by atoms with Crippen LogP contribution < -0.4 is 11.1 Å². The van der Waals surface area contributed by atoms with Crippen molar-refractivity contribution in [1.82, 2.24) is 5.32 Å². The maximum absolute atomic E-state index is 11.8. The van der Waals surface area contributed by atoms with Crippen LogP contribution in [0.15, 0.2) is 0 Å². The molecule has 0 spiro atoms. The van der Waals surface area contributed by atoms with Crippen LogP contribution in [-0.4, -0.2) is 18.0 Å². The Morgan fingerprint density at radius 3 is 2.17 bits per heavy atom. The first-order valence-electron chi connectivity index (χ1n) is 7.22. The number of primary amides is 1. The highest BCUT2D eigenvalue weighted by Crippen LogP contribution is 2.41. The summed E-state index contributed by atoms with van der Waals surface area (Å²) in [4.78, 5) is 11.8. The zero-order valence-corrected chi connectivity index (χ0v) is 12.7. The third kappa shape index (κ3) is 3.71. The van der Waals surface area contributed by atoms with Gasteiger partial charge in [-0.15, -0.1) is 0 Å². The standard InChI is InChI=1S/C15H30N2O/c1-11(2)10-17-15(13(16)18)8-6-12(7-9-15)14(3,4)5/h11-12,17H,6-10H2,1-5H3,(H2,16,18). The fraction of sp³-hybridized carbons (Fsp3) is 0.933. The van der Waals surface area contributed by atoms with Gasteiger partial charge in [0.25, 0.3) is 0 Å². The van der Waals surface area contributed by atoms with Crippen LogP contribution in [0.1, 0.15) is 60.3 Å². The van der Waals surface area contributed by atoms with Crippen molar-refractivity contribution in [2.75, 3.05) is 6.54 Å². The van der Waals surface area contributed by atoms with Crippen LogP contribution >= 0.6 is 0 Å². The Morgan fingerprint density at radius 2 is 1.83 bits per heavy atom. The molecule has 0 aromatic heterocycles. The summed E-state index contributed by atoms with van der Waals surface area (Å²) >= 11 is 0. The fourth-order valence-electron chi connectivity index (χ4n) is 2.89. The third-order valence-corrected chi connectivity index (χ3v) is 4.38. The minimum absolute atomic E-state index is 0.171. The van der Waals surface area contributed by atoms with E-state index in [1.807, 2.05) is 0 Å². The highest BCUT2D eigenvalue weighted by Gasteiger charge is 2.42. The molecule has 0 radical (unpaired) electrons. The van der Waals surface area contributed by atoms with Gasteiger partial charge in [-0.1, -0.05) is 34.6 Å². The summed E-state index contributed by atoms with van der Waals surface area (Å²) in [6.45, 7) is 12.0. The minimum atomic E-state index is -0.452. The van der Waals surface area contributed by atoms with Gasteiger partial charge in [0.05, 0.1) is 5.54 Å². The van der Waals surface area contributed by atoms with Crippen LogP contribution in [0.25, 0.3) is 0 Å². The maximum Gasteiger partial charge on any atom is 0.237 e. The average molecular weight is 254 g/mol. The van der Waals surface area contributed by atoms with E-state index in [1.165, 1.54) is 0 Å². The zero-order chi connectivity index (χ0) is 14.0. The number of nitrogens with one attached hydrogen (secondary N) is 1. The number of nitrogens with two attached hydrogens (primary N) is 1. The van der Waals surface area contributed by atoms with E-state index in [0.29, 0.717) is 17.3 Å². The van der Waals surface area contributed by atoms with E-state index in [4.69, 9.17) is 5.73 Å². The second kappa shape index (κ2) is 5.60. The highest BCUT2D eigenvalue weighted by atomic mass is 16.1. The lowest BCUT2D eigenvalue weighted by atomic mass is 9.67. The molecule has 0 aromatic carbocycles. The molecule has 0 unspecified atom stereocenters. The maximum atomic E-state index is 11.8. The number of hydrogen-bond donors (Lipinski definition) is 2. The van der Waals surface area contributed by atoms with Gasteiger partial charge in [-0.2, -0.15) is 0 Å². The van der Waals surface area contributed by atoms with E-state index in [0.717, 1.165) is 32.2 Å². The summed E-state index contributed by atoms with van der Waals surface area (Å²) in [5, 5.41) is 3.43. The van der Waals surface area contributed by atoms with Gasteiger partial charge in [0.2, 0.25) is 5.91 Å². The van der Waals surface area contributed by atoms with Gasteiger partial charge >= 0.3 is 0 Å². The second-order valence-electron chi connectivity index (χ2n) is 7.36. The van der Waals surface area contributed by atoms with E-state index in [9.17, 15) is 4.79 Å². The molecule has 1 fully saturated rings. The smallest absolute Gasteiger partial charge is 0.237 e. The predicted octanol–water partition coefficient (Wildman–Crippen LogP) is 2.69. The van der Waals surface area contributed by atoms with Crippen molar-refractivity contribution in [2.45, 2.75) is 65.8 Å². The average Bonchev–Trinajstić information content (AvgIpc) is 2.25. The lowest BCUT2D eigenvalue weighted by molar-refractivity contribution is -0.126. The number of amides is 1. The number of hydrogen-bond acceptors (Lipinski definition) is 2. The van der Waals surface area contributed by atoms with Crippen molar-refractivity contribution in [3.8, 4) is 0 Å². The molecule has 3 N–H and O–H groups in total. The van der Waals surface area contributed by atoms with Gasteiger partial charge in [-0.3, -0.25) is 4.79 Å². The minimum Gasteiger partial charge on any atom is -0.368 e. The van der Waals surface area contributed by atoms with E-state index in [-0.39, 0.29) is 5.91 Å². The van der Waals surface area contributed by atoms with Crippen LogP contribution in [0.5, 0.6) is 0 Å². The summed E-state index contributed by atoms with van der Waals surface area (Å²) in [7, 11) is 0. The molecule has 0 aromatic rings. The molecule has 0 saturated heterocycles. The summed E-state index contributed by atoms with van der Waals surface area (Å²) in [5.74, 6) is 1.07. The Balaban J connectivity index is 2.66. The highest BCUT2D eigenvalue weighted by molar-refractivity contribution is 5.84. The van der Waals surface area contributed by atoms with Gasteiger partial charge in [0, 0.05) is 0 Å². The second-order valence-corrected chi connectivity index (χ2v) is 7.36. The topological polar surface area (TPSA) is 55.1 Å². The molecule has 1 rings (SSSR count). The summed E-state index contributed by atoms with van der Waals surface area (Å²) in [6, 6.07) is 0. The summed E-state index contributed by atoms with van der Waals surface area (Å²) in [5.41, 5.74) is 5.52. The summed E-state index contributed by atoms with van der Waals surface area (Å²) < 4.78 is 0. The predicted molar refractivity (Wildman–Crippen MR) is 76.2 cm³/mol. The molecule has 1 amide bonds. The van der Waals surface area contributed by atoms with Gasteiger partial charge < -0.3 is 11.1 Å². The van der Waals surface area contributed by atoms with Crippen molar-refractivity contribution in [3.05, 3.63) is 0 Å². The molecule has 0 aliphatic heterocycles. The normalized spacial score (nSPS) is 29.6. The Morgan fingerprint density at radius 1 is 1.33 bits per heavy atom. The van der Waals surface area contributed by atoms with E-state index in [2.05, 4.69) is 39.9 Å². The van der Waals surface area contributed by atoms with Crippen LogP contribution in [-0.2, 0) is 4.79 Å². The van der Waals surface area contributed by atoms with Gasteiger partial charge in [0.1, 0.15) is 0 Å². The van der Waals surface area contributed by atoms with Gasteiger partial charge in [0.15, 0.2) is 0 Å². The third-order valence-electron chi connectivity index (χ3n) is 4.38. The van der Waals surface area contributed by atoms with E-state index >= 15 is 0 Å². The molecule has 0 heterocycles. The number of carbonyl (C=O) groups is 1.